The van der Waals surface area contributed by atoms with Crippen molar-refractivity contribution in [1.29, 1.82) is 0 Å². The highest BCUT2D eigenvalue weighted by Gasteiger charge is 1.90. The van der Waals surface area contributed by atoms with Crippen LogP contribution in [0.5, 0.6) is 5.75 Å². The lowest BCUT2D eigenvalue weighted by Crippen LogP contribution is -1.88. The molecule has 0 amide bonds. The second kappa shape index (κ2) is 7.58. The van der Waals surface area contributed by atoms with Crippen molar-refractivity contribution in [2.24, 2.45) is 0 Å². The number of phenols is 1. The Bertz CT molecular complexity index is 206. The van der Waals surface area contributed by atoms with Crippen LogP contribution in [0.4, 0.5) is 0 Å². The van der Waals surface area contributed by atoms with Gasteiger partial charge in [-0.3, -0.25) is 0 Å². The van der Waals surface area contributed by atoms with Gasteiger partial charge in [-0.25, -0.2) is 0 Å². The summed E-state index contributed by atoms with van der Waals surface area (Å²) in [6.07, 6.45) is 0.653. The number of hydrogen-bond donors (Lipinski definition) is 2. The Morgan fingerprint density at radius 1 is 1.15 bits per heavy atom. The third-order valence-corrected chi connectivity index (χ3v) is 1.34. The van der Waals surface area contributed by atoms with Crippen LogP contribution in [-0.2, 0) is 11.2 Å². The number of hydrogen-bond acceptors (Lipinski definition) is 3. The maximum Gasteiger partial charge on any atom is 0.115 e. The molecule has 3 nitrogen and oxygen atoms in total. The molecule has 0 saturated heterocycles. The lowest BCUT2D eigenvalue weighted by molar-refractivity contribution is 0.277. The molecule has 74 valence electrons. The van der Waals surface area contributed by atoms with Gasteiger partial charge in [0.25, 0.3) is 0 Å². The molecule has 3 heteroatoms. The van der Waals surface area contributed by atoms with Gasteiger partial charge in [0, 0.05) is 20.8 Å². The van der Waals surface area contributed by atoms with Crippen molar-refractivity contribution in [3.63, 3.8) is 0 Å². The largest absolute Gasteiger partial charge is 0.508 e. The highest BCUT2D eigenvalue weighted by Crippen LogP contribution is 2.09. The average Bonchev–Trinajstić information content (AvgIpc) is 2.11. The van der Waals surface area contributed by atoms with E-state index < -0.39 is 0 Å². The maximum absolute atomic E-state index is 8.86. The first-order chi connectivity index (χ1) is 6.24. The summed E-state index contributed by atoms with van der Waals surface area (Å²) in [6, 6.07) is 6.83. The summed E-state index contributed by atoms with van der Waals surface area (Å²) in [5.41, 5.74) is 1.04. The fourth-order valence-corrected chi connectivity index (χ4v) is 0.792. The molecular formula is C10H16O3. The molecule has 0 spiro atoms. The summed E-state index contributed by atoms with van der Waals surface area (Å²) in [4.78, 5) is 0. The highest BCUT2D eigenvalue weighted by atomic mass is 16.4. The van der Waals surface area contributed by atoms with Crippen LogP contribution in [0.25, 0.3) is 0 Å². The Kier molecular flexibility index (Phi) is 6.96. The monoisotopic (exact) mass is 184 g/mol. The fraction of sp³-hybridized carbons (Fsp3) is 0.400. The predicted octanol–water partition coefficient (Wildman–Crippen LogP) is 1.19. The topological polar surface area (TPSA) is 49.7 Å². The number of benzene rings is 1. The smallest absolute Gasteiger partial charge is 0.115 e. The number of ether oxygens (including phenoxy) is 1. The van der Waals surface area contributed by atoms with Gasteiger partial charge in [-0.2, -0.15) is 0 Å². The van der Waals surface area contributed by atoms with Gasteiger partial charge < -0.3 is 14.9 Å². The second-order valence-electron chi connectivity index (χ2n) is 2.55. The van der Waals surface area contributed by atoms with E-state index in [0.717, 1.165) is 5.56 Å². The zero-order valence-corrected chi connectivity index (χ0v) is 8.03. The number of rotatable bonds is 2. The summed E-state index contributed by atoms with van der Waals surface area (Å²) in [7, 11) is 3.25. The van der Waals surface area contributed by atoms with Crippen LogP contribution in [-0.4, -0.2) is 31.0 Å². The fourth-order valence-electron chi connectivity index (χ4n) is 0.792. The number of aliphatic hydroxyl groups is 1. The van der Waals surface area contributed by atoms with Gasteiger partial charge in [0.15, 0.2) is 0 Å². The minimum absolute atomic E-state index is 0.158. The molecule has 0 aliphatic rings. The van der Waals surface area contributed by atoms with E-state index in [4.69, 9.17) is 10.2 Å². The van der Waals surface area contributed by atoms with Gasteiger partial charge in [0.2, 0.25) is 0 Å². The molecule has 0 radical (unpaired) electrons. The highest BCUT2D eigenvalue weighted by molar-refractivity contribution is 5.25. The van der Waals surface area contributed by atoms with Gasteiger partial charge in [-0.1, -0.05) is 12.1 Å². The minimum atomic E-state index is 0.158. The van der Waals surface area contributed by atoms with Crippen molar-refractivity contribution in [3.05, 3.63) is 29.8 Å². The zero-order chi connectivity index (χ0) is 10.1. The standard InChI is InChI=1S/C8H10O2.C2H6O/c9-6-5-7-1-3-8(10)4-2-7;1-3-2/h1-4,9-10H,5-6H2;1-2H3. The van der Waals surface area contributed by atoms with Crippen molar-refractivity contribution >= 4 is 0 Å². The van der Waals surface area contributed by atoms with Gasteiger partial charge in [0.05, 0.1) is 0 Å². The van der Waals surface area contributed by atoms with E-state index >= 15 is 0 Å². The van der Waals surface area contributed by atoms with Crippen molar-refractivity contribution < 1.29 is 14.9 Å². The van der Waals surface area contributed by atoms with E-state index in [-0.39, 0.29) is 12.4 Å². The summed E-state index contributed by atoms with van der Waals surface area (Å²) in [6.45, 7) is 0.158. The first-order valence-corrected chi connectivity index (χ1v) is 4.03. The molecule has 13 heavy (non-hydrogen) atoms. The van der Waals surface area contributed by atoms with E-state index in [1.165, 1.54) is 0 Å². The van der Waals surface area contributed by atoms with E-state index in [1.54, 1.807) is 38.5 Å². The number of aliphatic hydroxyl groups excluding tert-OH is 1. The van der Waals surface area contributed by atoms with Crippen LogP contribution < -0.4 is 0 Å². The quantitative estimate of drug-likeness (QED) is 0.725. The van der Waals surface area contributed by atoms with Crippen LogP contribution in [0.1, 0.15) is 5.56 Å². The Hall–Kier alpha value is -1.06. The van der Waals surface area contributed by atoms with E-state index in [0.29, 0.717) is 6.42 Å². The lowest BCUT2D eigenvalue weighted by atomic mass is 10.2. The Morgan fingerprint density at radius 2 is 1.62 bits per heavy atom. The SMILES string of the molecule is COC.OCCc1ccc(O)cc1. The number of methoxy groups -OCH3 is 1. The molecule has 0 bridgehead atoms. The Labute approximate surface area is 78.6 Å². The minimum Gasteiger partial charge on any atom is -0.508 e. The van der Waals surface area contributed by atoms with E-state index in [9.17, 15) is 0 Å². The molecule has 0 heterocycles. The van der Waals surface area contributed by atoms with E-state index in [1.807, 2.05) is 0 Å². The van der Waals surface area contributed by atoms with Crippen molar-refractivity contribution in [2.75, 3.05) is 20.8 Å². The number of aromatic hydroxyl groups is 1. The molecule has 0 aromatic heterocycles. The molecule has 1 rings (SSSR count). The van der Waals surface area contributed by atoms with Crippen LogP contribution in [0.15, 0.2) is 24.3 Å². The zero-order valence-electron chi connectivity index (χ0n) is 8.03. The average molecular weight is 184 g/mol. The Morgan fingerprint density at radius 3 is 2.00 bits per heavy atom. The Balaban J connectivity index is 0.000000424. The first kappa shape index (κ1) is 11.9. The summed E-state index contributed by atoms with van der Waals surface area (Å²) in [5, 5.41) is 17.4. The molecule has 0 aliphatic carbocycles. The molecule has 0 unspecified atom stereocenters. The molecule has 0 saturated carbocycles. The lowest BCUT2D eigenvalue weighted by Gasteiger charge is -1.96. The summed E-state index contributed by atoms with van der Waals surface area (Å²) in [5.74, 6) is 0.265. The van der Waals surface area contributed by atoms with E-state index in [2.05, 4.69) is 4.74 Å². The molecule has 1 aromatic carbocycles. The van der Waals surface area contributed by atoms with Gasteiger partial charge in [-0.15, -0.1) is 0 Å². The van der Waals surface area contributed by atoms with Crippen LogP contribution in [0, 0.1) is 0 Å². The van der Waals surface area contributed by atoms with Gasteiger partial charge in [-0.05, 0) is 24.1 Å². The third-order valence-electron chi connectivity index (χ3n) is 1.34. The van der Waals surface area contributed by atoms with Gasteiger partial charge in [0.1, 0.15) is 5.75 Å². The molecule has 0 atom stereocenters. The third kappa shape index (κ3) is 6.13. The summed E-state index contributed by atoms with van der Waals surface area (Å²) < 4.78 is 4.25. The van der Waals surface area contributed by atoms with Crippen LogP contribution in [0.3, 0.4) is 0 Å². The van der Waals surface area contributed by atoms with Crippen molar-refractivity contribution in [1.82, 2.24) is 0 Å². The second-order valence-corrected chi connectivity index (χ2v) is 2.55. The van der Waals surface area contributed by atoms with Gasteiger partial charge >= 0.3 is 0 Å². The molecular weight excluding hydrogens is 168 g/mol. The molecule has 2 N–H and O–H groups in total. The molecule has 0 fully saturated rings. The summed E-state index contributed by atoms with van der Waals surface area (Å²) >= 11 is 0. The van der Waals surface area contributed by atoms with Crippen LogP contribution in [0.2, 0.25) is 0 Å². The first-order valence-electron chi connectivity index (χ1n) is 4.03. The van der Waals surface area contributed by atoms with Crippen molar-refractivity contribution in [3.8, 4) is 5.75 Å². The molecule has 0 aliphatic heterocycles. The number of phenolic OH excluding ortho intramolecular Hbond substituents is 1. The predicted molar refractivity (Wildman–Crippen MR) is 51.8 cm³/mol. The van der Waals surface area contributed by atoms with Crippen LogP contribution >= 0.6 is 0 Å². The maximum atomic E-state index is 8.86. The normalized spacial score (nSPS) is 8.85. The molecule has 1 aromatic rings. The van der Waals surface area contributed by atoms with Crippen molar-refractivity contribution in [2.45, 2.75) is 6.42 Å².